The number of nitrogens with one attached hydrogen (secondary N) is 1. The van der Waals surface area contributed by atoms with Gasteiger partial charge in [-0.3, -0.25) is 14.9 Å². The Labute approximate surface area is 197 Å². The van der Waals surface area contributed by atoms with Gasteiger partial charge in [0.15, 0.2) is 11.5 Å². The highest BCUT2D eigenvalue weighted by molar-refractivity contribution is 6.39. The molecule has 0 aromatic heterocycles. The summed E-state index contributed by atoms with van der Waals surface area (Å²) in [6.45, 7) is 4.27. The van der Waals surface area contributed by atoms with Crippen molar-refractivity contribution in [3.05, 3.63) is 41.5 Å². The van der Waals surface area contributed by atoms with E-state index < -0.39 is 17.8 Å². The summed E-state index contributed by atoms with van der Waals surface area (Å²) < 4.78 is 27.2. The molecule has 1 aliphatic rings. The lowest BCUT2D eigenvalue weighted by Gasteiger charge is -2.28. The van der Waals surface area contributed by atoms with E-state index in [1.165, 1.54) is 33.5 Å². The lowest BCUT2D eigenvalue weighted by molar-refractivity contribution is -0.122. The number of nitrogens with zero attached hydrogens (tertiary/aromatic N) is 1. The summed E-state index contributed by atoms with van der Waals surface area (Å²) in [6, 6.07) is 7.09. The molecule has 3 rings (SSSR count). The van der Waals surface area contributed by atoms with E-state index in [0.29, 0.717) is 36.0 Å². The number of benzene rings is 2. The molecule has 0 atom stereocenters. The third-order valence-electron chi connectivity index (χ3n) is 4.92. The predicted molar refractivity (Wildman–Crippen MR) is 124 cm³/mol. The average molecular weight is 470 g/mol. The molecule has 0 spiro atoms. The minimum absolute atomic E-state index is 0.146. The Balaban J connectivity index is 2.13. The highest BCUT2D eigenvalue weighted by Crippen LogP contribution is 2.41. The number of anilines is 1. The zero-order chi connectivity index (χ0) is 24.8. The second kappa shape index (κ2) is 10.6. The fourth-order valence-electron chi connectivity index (χ4n) is 3.48. The maximum atomic E-state index is 13.4. The quantitative estimate of drug-likeness (QED) is 0.439. The summed E-state index contributed by atoms with van der Waals surface area (Å²) in [4.78, 5) is 39.7. The highest BCUT2D eigenvalue weighted by atomic mass is 16.5. The smallest absolute Gasteiger partial charge is 0.336 e. The number of imide groups is 2. The second-order valence-electron chi connectivity index (χ2n) is 6.88. The monoisotopic (exact) mass is 470 g/mol. The number of hydrogen-bond donors (Lipinski definition) is 1. The maximum Gasteiger partial charge on any atom is 0.336 e. The van der Waals surface area contributed by atoms with Crippen LogP contribution in [0.3, 0.4) is 0 Å². The van der Waals surface area contributed by atoms with Crippen molar-refractivity contribution in [3.8, 4) is 28.7 Å². The van der Waals surface area contributed by atoms with Crippen molar-refractivity contribution in [2.75, 3.05) is 39.4 Å². The van der Waals surface area contributed by atoms with Crippen molar-refractivity contribution in [2.45, 2.75) is 13.8 Å². The summed E-state index contributed by atoms with van der Waals surface area (Å²) in [7, 11) is 4.34. The first kappa shape index (κ1) is 24.4. The number of barbiturate groups is 1. The van der Waals surface area contributed by atoms with Crippen molar-refractivity contribution < 1.29 is 38.1 Å². The predicted octanol–water partition coefficient (Wildman–Crippen LogP) is 3.18. The molecule has 0 radical (unpaired) electrons. The fourth-order valence-corrected chi connectivity index (χ4v) is 3.48. The zero-order valence-corrected chi connectivity index (χ0v) is 19.6. The van der Waals surface area contributed by atoms with Gasteiger partial charge in [-0.15, -0.1) is 0 Å². The molecule has 2 aromatic carbocycles. The van der Waals surface area contributed by atoms with Crippen LogP contribution in [0.2, 0.25) is 0 Å². The molecule has 2 aromatic rings. The minimum atomic E-state index is -0.902. The molecule has 10 heteroatoms. The Morgan fingerprint density at radius 3 is 2.15 bits per heavy atom. The van der Waals surface area contributed by atoms with E-state index in [2.05, 4.69) is 5.32 Å². The van der Waals surface area contributed by atoms with Crippen molar-refractivity contribution >= 4 is 29.6 Å². The molecular formula is C24H26N2O8. The Morgan fingerprint density at radius 2 is 1.53 bits per heavy atom. The van der Waals surface area contributed by atoms with Gasteiger partial charge in [-0.2, -0.15) is 0 Å². The molecule has 180 valence electrons. The van der Waals surface area contributed by atoms with Crippen LogP contribution in [0.4, 0.5) is 10.5 Å². The van der Waals surface area contributed by atoms with Gasteiger partial charge in [-0.05, 0) is 44.2 Å². The number of carbonyl (C=O) groups is 3. The molecule has 1 aliphatic heterocycles. The van der Waals surface area contributed by atoms with Crippen LogP contribution < -0.4 is 33.9 Å². The SMILES string of the molecule is CCOc1ccc(OCC)c(N2C(=O)NC(=O)C(=Cc3ccc(OC)c(OC)c3OC)C2=O)c1. The van der Waals surface area contributed by atoms with E-state index in [1.807, 2.05) is 6.92 Å². The number of amides is 4. The van der Waals surface area contributed by atoms with Crippen LogP contribution in [0.25, 0.3) is 6.08 Å². The lowest BCUT2D eigenvalue weighted by atomic mass is 10.0. The standard InChI is InChI=1S/C24H26N2O8/c1-6-33-15-9-11-18(34-7-2)17(13-15)26-23(28)16(22(27)25-24(26)29)12-14-8-10-19(30-3)21(32-5)20(14)31-4/h8-13H,6-7H2,1-5H3,(H,25,27,29). The molecule has 0 saturated carbocycles. The first-order valence-electron chi connectivity index (χ1n) is 10.5. The van der Waals surface area contributed by atoms with E-state index in [1.54, 1.807) is 31.2 Å². The Morgan fingerprint density at radius 1 is 0.853 bits per heavy atom. The van der Waals surface area contributed by atoms with E-state index in [-0.39, 0.29) is 22.8 Å². The molecule has 10 nitrogen and oxygen atoms in total. The van der Waals surface area contributed by atoms with Gasteiger partial charge in [0.2, 0.25) is 5.75 Å². The molecule has 1 saturated heterocycles. The van der Waals surface area contributed by atoms with Crippen LogP contribution in [-0.4, -0.2) is 52.4 Å². The van der Waals surface area contributed by atoms with E-state index in [9.17, 15) is 14.4 Å². The number of ether oxygens (including phenoxy) is 5. The third-order valence-corrected chi connectivity index (χ3v) is 4.92. The average Bonchev–Trinajstić information content (AvgIpc) is 2.82. The first-order chi connectivity index (χ1) is 16.4. The number of urea groups is 1. The van der Waals surface area contributed by atoms with Crippen LogP contribution in [0.15, 0.2) is 35.9 Å². The third kappa shape index (κ3) is 4.61. The molecular weight excluding hydrogens is 444 g/mol. The molecule has 1 N–H and O–H groups in total. The lowest BCUT2D eigenvalue weighted by Crippen LogP contribution is -2.54. The van der Waals surface area contributed by atoms with E-state index in [0.717, 1.165) is 4.90 Å². The Kier molecular flexibility index (Phi) is 7.62. The summed E-state index contributed by atoms with van der Waals surface area (Å²) in [6.07, 6.45) is 1.32. The molecule has 0 unspecified atom stereocenters. The van der Waals surface area contributed by atoms with Gasteiger partial charge in [0.1, 0.15) is 17.1 Å². The largest absolute Gasteiger partial charge is 0.494 e. The van der Waals surface area contributed by atoms with Gasteiger partial charge in [-0.1, -0.05) is 0 Å². The normalized spacial score (nSPS) is 14.7. The zero-order valence-electron chi connectivity index (χ0n) is 19.6. The second-order valence-corrected chi connectivity index (χ2v) is 6.88. The Hall–Kier alpha value is -4.21. The van der Waals surface area contributed by atoms with Gasteiger partial charge in [0.05, 0.1) is 40.2 Å². The number of carbonyl (C=O) groups excluding carboxylic acids is 3. The molecule has 34 heavy (non-hydrogen) atoms. The van der Waals surface area contributed by atoms with Crippen molar-refractivity contribution in [3.63, 3.8) is 0 Å². The van der Waals surface area contributed by atoms with Crippen molar-refractivity contribution in [2.24, 2.45) is 0 Å². The summed E-state index contributed by atoms with van der Waals surface area (Å²) >= 11 is 0. The van der Waals surface area contributed by atoms with Crippen LogP contribution in [0, 0.1) is 0 Å². The fraction of sp³-hybridized carbons (Fsp3) is 0.292. The molecule has 1 fully saturated rings. The molecule has 0 aliphatic carbocycles. The van der Waals surface area contributed by atoms with Crippen molar-refractivity contribution in [1.82, 2.24) is 5.32 Å². The first-order valence-corrected chi connectivity index (χ1v) is 10.5. The number of hydrogen-bond acceptors (Lipinski definition) is 8. The Bertz CT molecular complexity index is 1140. The summed E-state index contributed by atoms with van der Waals surface area (Å²) in [5.41, 5.74) is 0.239. The number of methoxy groups -OCH3 is 3. The molecule has 4 amide bonds. The van der Waals surface area contributed by atoms with Crippen LogP contribution in [0.1, 0.15) is 19.4 Å². The topological polar surface area (TPSA) is 113 Å². The van der Waals surface area contributed by atoms with Gasteiger partial charge in [0, 0.05) is 11.6 Å². The number of rotatable bonds is 9. The van der Waals surface area contributed by atoms with Crippen LogP contribution in [0.5, 0.6) is 28.7 Å². The summed E-state index contributed by atoms with van der Waals surface area (Å²) in [5.74, 6) is -0.00263. The van der Waals surface area contributed by atoms with Gasteiger partial charge in [-0.25, -0.2) is 9.69 Å². The maximum absolute atomic E-state index is 13.4. The van der Waals surface area contributed by atoms with Crippen molar-refractivity contribution in [1.29, 1.82) is 0 Å². The van der Waals surface area contributed by atoms with Crippen LogP contribution in [-0.2, 0) is 9.59 Å². The van der Waals surface area contributed by atoms with E-state index in [4.69, 9.17) is 23.7 Å². The molecule has 0 bridgehead atoms. The van der Waals surface area contributed by atoms with Gasteiger partial charge in [0.25, 0.3) is 11.8 Å². The summed E-state index contributed by atoms with van der Waals surface area (Å²) in [5, 5.41) is 2.20. The van der Waals surface area contributed by atoms with Crippen LogP contribution >= 0.6 is 0 Å². The highest BCUT2D eigenvalue weighted by Gasteiger charge is 2.38. The van der Waals surface area contributed by atoms with E-state index >= 15 is 0 Å². The minimum Gasteiger partial charge on any atom is -0.494 e. The molecule has 1 heterocycles. The van der Waals surface area contributed by atoms with Gasteiger partial charge >= 0.3 is 6.03 Å². The van der Waals surface area contributed by atoms with Gasteiger partial charge < -0.3 is 23.7 Å².